The van der Waals surface area contributed by atoms with E-state index in [-0.39, 0.29) is 11.2 Å². The highest BCUT2D eigenvalue weighted by Crippen LogP contribution is 2.42. The molecule has 0 saturated heterocycles. The molecule has 1 aliphatic heterocycles. The maximum Gasteiger partial charge on any atom is 0.296 e. The third-order valence-corrected chi connectivity index (χ3v) is 6.26. The summed E-state index contributed by atoms with van der Waals surface area (Å²) in [6, 6.07) is 15.5. The average molecular weight is 485 g/mol. The summed E-state index contributed by atoms with van der Waals surface area (Å²) in [7, 11) is 0. The molecule has 0 unspecified atom stereocenters. The quantitative estimate of drug-likeness (QED) is 0.293. The number of fused-ring (bicyclic) bond motifs is 2. The molecule has 184 valence electrons. The van der Waals surface area contributed by atoms with Crippen LogP contribution in [0.15, 0.2) is 70.0 Å². The number of benzene rings is 2. The third kappa shape index (κ3) is 4.11. The van der Waals surface area contributed by atoms with Crippen LogP contribution in [0.25, 0.3) is 11.0 Å². The zero-order chi connectivity index (χ0) is 25.2. The van der Waals surface area contributed by atoms with Gasteiger partial charge in [0.1, 0.15) is 11.4 Å². The van der Waals surface area contributed by atoms with Gasteiger partial charge in [0, 0.05) is 6.20 Å². The predicted molar refractivity (Wildman–Crippen MR) is 138 cm³/mol. The van der Waals surface area contributed by atoms with Crippen molar-refractivity contribution in [2.24, 2.45) is 0 Å². The molecule has 1 amide bonds. The summed E-state index contributed by atoms with van der Waals surface area (Å²) < 4.78 is 17.9. The molecule has 2 aromatic carbocycles. The summed E-state index contributed by atoms with van der Waals surface area (Å²) in [6.07, 6.45) is 3.65. The van der Waals surface area contributed by atoms with E-state index in [2.05, 4.69) is 11.9 Å². The summed E-state index contributed by atoms with van der Waals surface area (Å²) in [5, 5.41) is 0.428. The molecule has 3 heterocycles. The minimum atomic E-state index is -0.729. The van der Waals surface area contributed by atoms with Gasteiger partial charge in [-0.05, 0) is 61.7 Å². The number of carbonyl (C=O) groups excluding carboxylic acids is 1. The molecule has 0 radical (unpaired) electrons. The fourth-order valence-electron chi connectivity index (χ4n) is 4.48. The number of rotatable bonds is 8. The number of aromatic nitrogens is 1. The minimum Gasteiger partial charge on any atom is -0.490 e. The molecule has 0 N–H and O–H groups in total. The van der Waals surface area contributed by atoms with Gasteiger partial charge in [0.2, 0.25) is 5.76 Å². The standard InChI is InChI=1S/C29H28N2O5/c1-4-6-15-35-22-13-12-19(16-23(22)34-5-2)26-25-27(32)20-9-7-8-10-21(20)36-28(25)29(33)31(26)24-14-11-18(3)17-30-24/h7-14,16-17,26H,4-6,15H2,1-3H3/t26-/m1/s1. The molecule has 7 nitrogen and oxygen atoms in total. The first-order valence-electron chi connectivity index (χ1n) is 12.2. The van der Waals surface area contributed by atoms with E-state index in [1.54, 1.807) is 36.5 Å². The molecule has 36 heavy (non-hydrogen) atoms. The van der Waals surface area contributed by atoms with Gasteiger partial charge >= 0.3 is 0 Å². The molecule has 1 aliphatic rings. The molecule has 2 aromatic heterocycles. The molecule has 7 heteroatoms. The van der Waals surface area contributed by atoms with Crippen LogP contribution in [-0.4, -0.2) is 24.1 Å². The number of nitrogens with zero attached hydrogens (tertiary/aromatic N) is 2. The molecule has 0 fully saturated rings. The first-order valence-corrected chi connectivity index (χ1v) is 12.2. The van der Waals surface area contributed by atoms with Crippen LogP contribution in [0.2, 0.25) is 0 Å². The zero-order valence-electron chi connectivity index (χ0n) is 20.6. The summed E-state index contributed by atoms with van der Waals surface area (Å²) in [5.41, 5.74) is 2.11. The SMILES string of the molecule is CCCCOc1ccc([C@@H]2c3c(oc4ccccc4c3=O)C(=O)N2c2ccc(C)cn2)cc1OCC. The minimum absolute atomic E-state index is 0.0345. The Morgan fingerprint density at radius 3 is 2.58 bits per heavy atom. The van der Waals surface area contributed by atoms with Gasteiger partial charge in [0.15, 0.2) is 16.9 Å². The van der Waals surface area contributed by atoms with E-state index in [1.165, 1.54) is 4.90 Å². The number of hydrogen-bond donors (Lipinski definition) is 0. The molecular formula is C29H28N2O5. The van der Waals surface area contributed by atoms with Crippen molar-refractivity contribution in [3.63, 3.8) is 0 Å². The predicted octanol–water partition coefficient (Wildman–Crippen LogP) is 5.82. The Hall–Kier alpha value is -4.13. The van der Waals surface area contributed by atoms with E-state index in [9.17, 15) is 9.59 Å². The van der Waals surface area contributed by atoms with Crippen molar-refractivity contribution < 1.29 is 18.7 Å². The van der Waals surface area contributed by atoms with Crippen molar-refractivity contribution in [2.45, 2.75) is 39.7 Å². The summed E-state index contributed by atoms with van der Waals surface area (Å²) in [4.78, 5) is 33.5. The maximum atomic E-state index is 13.7. The Kier molecular flexibility index (Phi) is 6.46. The lowest BCUT2D eigenvalue weighted by Gasteiger charge is -2.25. The van der Waals surface area contributed by atoms with E-state index >= 15 is 0 Å². The zero-order valence-corrected chi connectivity index (χ0v) is 20.6. The van der Waals surface area contributed by atoms with E-state index in [0.29, 0.717) is 52.6 Å². The highest BCUT2D eigenvalue weighted by Gasteiger charge is 2.44. The number of unbranched alkanes of at least 4 members (excludes halogenated alkanes) is 1. The van der Waals surface area contributed by atoms with Crippen LogP contribution < -0.4 is 19.8 Å². The molecule has 0 saturated carbocycles. The second-order valence-electron chi connectivity index (χ2n) is 8.78. The summed E-state index contributed by atoms with van der Waals surface area (Å²) >= 11 is 0. The van der Waals surface area contributed by atoms with Gasteiger partial charge in [-0.2, -0.15) is 0 Å². The number of pyridine rings is 1. The fourth-order valence-corrected chi connectivity index (χ4v) is 4.48. The largest absolute Gasteiger partial charge is 0.490 e. The second-order valence-corrected chi connectivity index (χ2v) is 8.78. The van der Waals surface area contributed by atoms with Crippen molar-refractivity contribution in [3.8, 4) is 11.5 Å². The van der Waals surface area contributed by atoms with Crippen LogP contribution in [0.5, 0.6) is 11.5 Å². The normalized spacial score (nSPS) is 14.8. The van der Waals surface area contributed by atoms with Gasteiger partial charge in [-0.15, -0.1) is 0 Å². The number of ether oxygens (including phenoxy) is 2. The second kappa shape index (κ2) is 9.85. The third-order valence-electron chi connectivity index (χ3n) is 6.26. The van der Waals surface area contributed by atoms with Gasteiger partial charge in [-0.3, -0.25) is 14.5 Å². The molecule has 1 atom stereocenters. The highest BCUT2D eigenvalue weighted by molar-refractivity contribution is 6.10. The van der Waals surface area contributed by atoms with Crippen LogP contribution in [0.1, 0.15) is 60.0 Å². The van der Waals surface area contributed by atoms with E-state index in [1.807, 2.05) is 38.1 Å². The lowest BCUT2D eigenvalue weighted by molar-refractivity contribution is 0.0970. The topological polar surface area (TPSA) is 81.9 Å². The number of anilines is 1. The van der Waals surface area contributed by atoms with Crippen molar-refractivity contribution in [2.75, 3.05) is 18.1 Å². The average Bonchev–Trinajstić information content (AvgIpc) is 3.18. The van der Waals surface area contributed by atoms with Crippen molar-refractivity contribution in [3.05, 3.63) is 93.5 Å². The van der Waals surface area contributed by atoms with Gasteiger partial charge in [0.05, 0.1) is 30.2 Å². The highest BCUT2D eigenvalue weighted by atomic mass is 16.5. The Morgan fingerprint density at radius 2 is 1.83 bits per heavy atom. The Labute approximate surface area is 209 Å². The number of aryl methyl sites for hydroxylation is 1. The maximum absolute atomic E-state index is 13.7. The number of amides is 1. The fraction of sp³-hybridized carbons (Fsp3) is 0.276. The molecule has 0 bridgehead atoms. The Bertz CT molecular complexity index is 1480. The molecule has 0 spiro atoms. The monoisotopic (exact) mass is 484 g/mol. The van der Waals surface area contributed by atoms with Crippen molar-refractivity contribution in [1.29, 1.82) is 0 Å². The van der Waals surface area contributed by atoms with Crippen LogP contribution >= 0.6 is 0 Å². The summed E-state index contributed by atoms with van der Waals surface area (Å²) in [6.45, 7) is 6.96. The van der Waals surface area contributed by atoms with Crippen LogP contribution in [0.3, 0.4) is 0 Å². The molecular weight excluding hydrogens is 456 g/mol. The number of para-hydroxylation sites is 1. The van der Waals surface area contributed by atoms with Crippen molar-refractivity contribution >= 4 is 22.7 Å². The Morgan fingerprint density at radius 1 is 1.00 bits per heavy atom. The summed E-state index contributed by atoms with van der Waals surface area (Å²) in [5.74, 6) is 1.26. The smallest absolute Gasteiger partial charge is 0.296 e. The van der Waals surface area contributed by atoms with Gasteiger partial charge in [0.25, 0.3) is 5.91 Å². The van der Waals surface area contributed by atoms with Crippen LogP contribution in [0, 0.1) is 6.92 Å². The first kappa shape index (κ1) is 23.6. The van der Waals surface area contributed by atoms with E-state index in [4.69, 9.17) is 13.9 Å². The van der Waals surface area contributed by atoms with E-state index < -0.39 is 11.9 Å². The lowest BCUT2D eigenvalue weighted by atomic mass is 9.98. The molecule has 5 rings (SSSR count). The molecule has 4 aromatic rings. The van der Waals surface area contributed by atoms with Crippen LogP contribution in [-0.2, 0) is 0 Å². The van der Waals surface area contributed by atoms with Gasteiger partial charge < -0.3 is 13.9 Å². The van der Waals surface area contributed by atoms with Crippen LogP contribution in [0.4, 0.5) is 5.82 Å². The first-order chi connectivity index (χ1) is 17.5. The number of hydrogen-bond acceptors (Lipinski definition) is 6. The Balaban J connectivity index is 1.70. The van der Waals surface area contributed by atoms with Gasteiger partial charge in [-0.1, -0.05) is 37.6 Å². The number of carbonyl (C=O) groups is 1. The van der Waals surface area contributed by atoms with Gasteiger partial charge in [-0.25, -0.2) is 4.98 Å². The lowest BCUT2D eigenvalue weighted by Crippen LogP contribution is -2.30. The van der Waals surface area contributed by atoms with E-state index in [0.717, 1.165) is 18.4 Å². The van der Waals surface area contributed by atoms with Crippen molar-refractivity contribution in [1.82, 2.24) is 4.98 Å². The molecule has 0 aliphatic carbocycles.